The lowest BCUT2D eigenvalue weighted by Crippen LogP contribution is -2.30. The molecule has 6 atom stereocenters. The summed E-state index contributed by atoms with van der Waals surface area (Å²) < 4.78 is 69.1. The van der Waals surface area contributed by atoms with Crippen molar-refractivity contribution in [2.24, 2.45) is 11.8 Å². The van der Waals surface area contributed by atoms with Crippen molar-refractivity contribution in [2.75, 3.05) is 39.6 Å². The van der Waals surface area contributed by atoms with E-state index < -0.39 is 97.5 Å². The summed E-state index contributed by atoms with van der Waals surface area (Å²) in [4.78, 5) is 73.5. The molecule has 0 fully saturated rings. The van der Waals surface area contributed by atoms with Crippen LogP contribution < -0.4 is 0 Å². The van der Waals surface area contributed by atoms with Crippen LogP contribution in [-0.4, -0.2) is 96.7 Å². The van der Waals surface area contributed by atoms with Crippen LogP contribution >= 0.6 is 15.6 Å². The third-order valence-corrected chi connectivity index (χ3v) is 24.2. The van der Waals surface area contributed by atoms with E-state index in [1.54, 1.807) is 0 Å². The fourth-order valence-corrected chi connectivity index (χ4v) is 16.2. The molecule has 0 aromatic rings. The molecule has 0 saturated carbocycles. The second-order valence-corrected chi connectivity index (χ2v) is 37.0. The molecule has 112 heavy (non-hydrogen) atoms. The van der Waals surface area contributed by atoms with Gasteiger partial charge in [0.2, 0.25) is 0 Å². The maximum Gasteiger partial charge on any atom is 0.472 e. The molecule has 0 bridgehead atoms. The summed E-state index contributed by atoms with van der Waals surface area (Å²) in [7, 11) is -9.94. The first-order valence-corrected chi connectivity index (χ1v) is 51.0. The number of aliphatic hydroxyl groups excluding tert-OH is 1. The molecule has 0 aromatic carbocycles. The molecule has 17 nitrogen and oxygen atoms in total. The number of ether oxygens (including phenoxy) is 4. The Bertz CT molecular complexity index is 2130. The number of phosphoric ester groups is 2. The Morgan fingerprint density at radius 2 is 0.455 bits per heavy atom. The van der Waals surface area contributed by atoms with Gasteiger partial charge in [0, 0.05) is 25.7 Å². The van der Waals surface area contributed by atoms with Gasteiger partial charge in [-0.3, -0.25) is 37.3 Å². The lowest BCUT2D eigenvalue weighted by molar-refractivity contribution is -0.161. The minimum absolute atomic E-state index is 0.108. The van der Waals surface area contributed by atoms with Crippen molar-refractivity contribution in [2.45, 2.75) is 522 Å². The minimum Gasteiger partial charge on any atom is -0.462 e. The Labute approximate surface area is 689 Å². The molecule has 0 saturated heterocycles. The lowest BCUT2D eigenvalue weighted by atomic mass is 9.99. The lowest BCUT2D eigenvalue weighted by Gasteiger charge is -2.21. The Morgan fingerprint density at radius 1 is 0.259 bits per heavy atom. The second-order valence-electron chi connectivity index (χ2n) is 34.1. The Hall–Kier alpha value is -1.94. The monoisotopic (exact) mass is 1630 g/mol. The molecular formula is C93H182O17P2. The highest BCUT2D eigenvalue weighted by molar-refractivity contribution is 7.47. The van der Waals surface area contributed by atoms with Gasteiger partial charge >= 0.3 is 39.5 Å². The largest absolute Gasteiger partial charge is 0.472 e. The SMILES string of the molecule is CCCCCCCCCCCCCCCCCCCCCCCCC(=O)OC[C@H](COP(=O)(O)OC[C@@H](O)COP(=O)(O)OC[C@@H](COC(=O)CCCCCCCCCCCCCCC)OC(=O)CCCCCCCCCCCCCCC(C)C)OC(=O)CCCCCCCCCCCCCCCCCCCCC(C)CC. The van der Waals surface area contributed by atoms with E-state index in [9.17, 15) is 43.2 Å². The first-order valence-electron chi connectivity index (χ1n) is 48.0. The highest BCUT2D eigenvalue weighted by Crippen LogP contribution is 2.45. The molecule has 0 radical (unpaired) electrons. The molecular weight excluding hydrogens is 1450 g/mol. The second kappa shape index (κ2) is 84.1. The van der Waals surface area contributed by atoms with Gasteiger partial charge in [-0.1, -0.05) is 452 Å². The van der Waals surface area contributed by atoms with E-state index in [-0.39, 0.29) is 25.7 Å². The number of hydrogen-bond acceptors (Lipinski definition) is 15. The van der Waals surface area contributed by atoms with E-state index in [4.69, 9.17) is 37.0 Å². The van der Waals surface area contributed by atoms with Gasteiger partial charge in [0.15, 0.2) is 12.2 Å². The summed E-state index contributed by atoms with van der Waals surface area (Å²) in [6.07, 6.45) is 79.2. The van der Waals surface area contributed by atoms with Crippen LogP contribution in [0, 0.1) is 11.8 Å². The van der Waals surface area contributed by atoms with Gasteiger partial charge < -0.3 is 33.8 Å². The zero-order valence-corrected chi connectivity index (χ0v) is 75.8. The van der Waals surface area contributed by atoms with Gasteiger partial charge in [-0.25, -0.2) is 9.13 Å². The van der Waals surface area contributed by atoms with Crippen molar-refractivity contribution in [1.29, 1.82) is 0 Å². The van der Waals surface area contributed by atoms with Crippen molar-refractivity contribution in [1.82, 2.24) is 0 Å². The molecule has 0 aliphatic carbocycles. The third-order valence-electron chi connectivity index (χ3n) is 22.3. The van der Waals surface area contributed by atoms with E-state index in [1.165, 1.54) is 321 Å². The minimum atomic E-state index is -4.97. The van der Waals surface area contributed by atoms with Gasteiger partial charge in [-0.15, -0.1) is 0 Å². The third kappa shape index (κ3) is 84.5. The van der Waals surface area contributed by atoms with Gasteiger partial charge in [0.25, 0.3) is 0 Å². The molecule has 666 valence electrons. The molecule has 0 rings (SSSR count). The first kappa shape index (κ1) is 110. The zero-order valence-electron chi connectivity index (χ0n) is 74.0. The summed E-state index contributed by atoms with van der Waals surface area (Å²) in [6.45, 7) is 9.79. The first-order chi connectivity index (χ1) is 54.4. The van der Waals surface area contributed by atoms with Crippen LogP contribution in [0.4, 0.5) is 0 Å². The highest BCUT2D eigenvalue weighted by Gasteiger charge is 2.31. The van der Waals surface area contributed by atoms with Gasteiger partial charge in [0.1, 0.15) is 19.3 Å². The summed E-state index contributed by atoms with van der Waals surface area (Å²) in [6, 6.07) is 0. The quantitative estimate of drug-likeness (QED) is 0.0222. The van der Waals surface area contributed by atoms with Crippen LogP contribution in [0.3, 0.4) is 0 Å². The van der Waals surface area contributed by atoms with E-state index in [0.717, 1.165) is 102 Å². The Kier molecular flexibility index (Phi) is 82.6. The molecule has 0 spiro atoms. The number of carbonyl (C=O) groups excluding carboxylic acids is 4. The van der Waals surface area contributed by atoms with Crippen molar-refractivity contribution < 1.29 is 80.2 Å². The van der Waals surface area contributed by atoms with E-state index in [2.05, 4.69) is 41.5 Å². The maximum atomic E-state index is 13.2. The predicted octanol–water partition coefficient (Wildman–Crippen LogP) is 29.0. The van der Waals surface area contributed by atoms with Crippen molar-refractivity contribution in [3.8, 4) is 0 Å². The van der Waals surface area contributed by atoms with Crippen LogP contribution in [0.25, 0.3) is 0 Å². The summed E-state index contributed by atoms with van der Waals surface area (Å²) in [5.41, 5.74) is 0. The number of rotatable bonds is 92. The Balaban J connectivity index is 5.24. The molecule has 0 aliphatic heterocycles. The summed E-state index contributed by atoms with van der Waals surface area (Å²) in [5, 5.41) is 10.7. The highest BCUT2D eigenvalue weighted by atomic mass is 31.2. The number of phosphoric acid groups is 2. The van der Waals surface area contributed by atoms with Crippen LogP contribution in [-0.2, 0) is 65.4 Å². The molecule has 0 aliphatic rings. The molecule has 0 heterocycles. The summed E-state index contributed by atoms with van der Waals surface area (Å²) >= 11 is 0. The van der Waals surface area contributed by atoms with E-state index in [1.807, 2.05) is 0 Å². The van der Waals surface area contributed by atoms with Crippen molar-refractivity contribution >= 4 is 39.5 Å². The topological polar surface area (TPSA) is 237 Å². The number of aliphatic hydroxyl groups is 1. The van der Waals surface area contributed by atoms with Crippen molar-refractivity contribution in [3.63, 3.8) is 0 Å². The molecule has 3 N–H and O–H groups in total. The molecule has 3 unspecified atom stereocenters. The zero-order chi connectivity index (χ0) is 82.0. The van der Waals surface area contributed by atoms with E-state index in [0.29, 0.717) is 25.7 Å². The van der Waals surface area contributed by atoms with Crippen LogP contribution in [0.15, 0.2) is 0 Å². The normalized spacial score (nSPS) is 13.9. The Morgan fingerprint density at radius 3 is 0.679 bits per heavy atom. The van der Waals surface area contributed by atoms with Crippen molar-refractivity contribution in [3.05, 3.63) is 0 Å². The molecule has 0 amide bonds. The standard InChI is InChI=1S/C93H182O17P2/c1-7-10-12-14-16-18-20-22-23-24-25-26-27-28-32-35-39-46-52-58-64-70-76-91(96)104-82-88(109-92(97)77-71-65-59-53-47-40-36-33-30-29-31-34-38-44-50-56-62-68-74-86(6)9-3)83-107-111(99,100)105-79-87(94)80-106-112(101,102)108-84-89(81-103-90(95)75-69-63-57-51-45-37-21-19-17-15-13-11-8-2)110-93(98)78-72-66-60-54-48-42-41-43-49-55-61-67-73-85(4)5/h85-89,94H,7-84H2,1-6H3,(H,99,100)(H,101,102)/t86?,87-,88-,89-/m1/s1. The molecule has 19 heteroatoms. The average Bonchev–Trinajstić information content (AvgIpc) is 0.898. The number of carbonyl (C=O) groups is 4. The number of unbranched alkanes of at least 4 members (excludes halogenated alkanes) is 61. The smallest absolute Gasteiger partial charge is 0.462 e. The molecule has 0 aromatic heterocycles. The van der Waals surface area contributed by atoms with Gasteiger partial charge in [-0.2, -0.15) is 0 Å². The predicted molar refractivity (Wildman–Crippen MR) is 465 cm³/mol. The fraction of sp³-hybridized carbons (Fsp3) is 0.957. The number of esters is 4. The van der Waals surface area contributed by atoms with Crippen LogP contribution in [0.2, 0.25) is 0 Å². The fourth-order valence-electron chi connectivity index (χ4n) is 14.6. The number of hydrogen-bond donors (Lipinski definition) is 3. The summed E-state index contributed by atoms with van der Waals surface area (Å²) in [5.74, 6) is -0.445. The van der Waals surface area contributed by atoms with Crippen LogP contribution in [0.1, 0.15) is 504 Å². The average molecular weight is 1630 g/mol. The van der Waals surface area contributed by atoms with Crippen LogP contribution in [0.5, 0.6) is 0 Å². The maximum absolute atomic E-state index is 13.2. The van der Waals surface area contributed by atoms with Gasteiger partial charge in [0.05, 0.1) is 26.4 Å². The van der Waals surface area contributed by atoms with E-state index >= 15 is 0 Å². The van der Waals surface area contributed by atoms with Gasteiger partial charge in [-0.05, 0) is 37.5 Å².